The van der Waals surface area contributed by atoms with Crippen molar-refractivity contribution >= 4 is 10.9 Å². The maximum absolute atomic E-state index is 12.3. The zero-order valence-electron chi connectivity index (χ0n) is 15.0. The molecule has 2 aromatic carbocycles. The fraction of sp³-hybridized carbons (Fsp3) is 0.333. The maximum atomic E-state index is 12.3. The van der Waals surface area contributed by atoms with E-state index in [9.17, 15) is 4.79 Å². The molecule has 6 heteroatoms. The highest BCUT2D eigenvalue weighted by Gasteiger charge is 2.28. The van der Waals surface area contributed by atoms with Crippen molar-refractivity contribution in [3.8, 4) is 11.5 Å². The van der Waals surface area contributed by atoms with Gasteiger partial charge < -0.3 is 14.5 Å². The molecule has 27 heavy (non-hydrogen) atoms. The minimum atomic E-state index is -0.0781. The number of likely N-dealkylation sites (tertiary alicyclic amines) is 1. The molecule has 2 aliphatic rings. The molecule has 5 rings (SSSR count). The Hall–Kier alpha value is -2.86. The summed E-state index contributed by atoms with van der Waals surface area (Å²) in [4.78, 5) is 22.3. The van der Waals surface area contributed by atoms with E-state index in [2.05, 4.69) is 27.0 Å². The summed E-state index contributed by atoms with van der Waals surface area (Å²) in [5.74, 6) is 2.35. The number of nitrogens with one attached hydrogen (secondary N) is 1. The van der Waals surface area contributed by atoms with Crippen molar-refractivity contribution in [2.75, 3.05) is 19.8 Å². The molecule has 0 spiro atoms. The summed E-state index contributed by atoms with van der Waals surface area (Å²) in [5.41, 5.74) is 1.89. The summed E-state index contributed by atoms with van der Waals surface area (Å²) >= 11 is 0. The molecular formula is C21H21N3O3. The number of aromatic nitrogens is 2. The summed E-state index contributed by atoms with van der Waals surface area (Å²) in [6.07, 6.45) is 2.20. The summed E-state index contributed by atoms with van der Waals surface area (Å²) in [5, 5.41) is 0.631. The second-order valence-corrected chi connectivity index (χ2v) is 7.06. The van der Waals surface area contributed by atoms with Crippen molar-refractivity contribution in [3.63, 3.8) is 0 Å². The first kappa shape index (κ1) is 16.3. The number of H-pyrrole nitrogens is 1. The molecule has 3 aromatic rings. The highest BCUT2D eigenvalue weighted by atomic mass is 16.6. The van der Waals surface area contributed by atoms with Crippen molar-refractivity contribution in [3.05, 3.63) is 64.2 Å². The first-order chi connectivity index (χ1) is 13.3. The smallest absolute Gasteiger partial charge is 0.258 e. The third-order valence-corrected chi connectivity index (χ3v) is 5.33. The lowest BCUT2D eigenvalue weighted by Gasteiger charge is -2.26. The van der Waals surface area contributed by atoms with Gasteiger partial charge in [0.15, 0.2) is 11.5 Å². The Morgan fingerprint density at radius 1 is 1.11 bits per heavy atom. The van der Waals surface area contributed by atoms with Crippen LogP contribution in [0.1, 0.15) is 30.3 Å². The predicted molar refractivity (Wildman–Crippen MR) is 102 cm³/mol. The molecule has 0 aliphatic carbocycles. The number of fused-ring (bicyclic) bond motifs is 2. The van der Waals surface area contributed by atoms with Crippen LogP contribution in [0.5, 0.6) is 11.5 Å². The second kappa shape index (κ2) is 6.70. The SMILES string of the molecule is O=c1[nH]c(CN2CCC[C@@H]2c2ccc3c(c2)OCCO3)nc2ccccc12. The fourth-order valence-electron chi connectivity index (χ4n) is 4.06. The number of aromatic amines is 1. The van der Waals surface area contributed by atoms with Crippen LogP contribution < -0.4 is 15.0 Å². The van der Waals surface area contributed by atoms with Crippen molar-refractivity contribution in [2.24, 2.45) is 0 Å². The molecule has 3 heterocycles. The van der Waals surface area contributed by atoms with Gasteiger partial charge in [0.05, 0.1) is 17.4 Å². The van der Waals surface area contributed by atoms with Gasteiger partial charge in [0.2, 0.25) is 0 Å². The van der Waals surface area contributed by atoms with Crippen LogP contribution in [0.3, 0.4) is 0 Å². The van der Waals surface area contributed by atoms with Crippen LogP contribution in [0.25, 0.3) is 10.9 Å². The molecule has 0 bridgehead atoms. The van der Waals surface area contributed by atoms with E-state index in [1.807, 2.05) is 24.3 Å². The van der Waals surface area contributed by atoms with Gasteiger partial charge in [-0.15, -0.1) is 0 Å². The summed E-state index contributed by atoms with van der Waals surface area (Å²) < 4.78 is 11.4. The van der Waals surface area contributed by atoms with Crippen molar-refractivity contribution in [1.82, 2.24) is 14.9 Å². The molecule has 138 valence electrons. The average Bonchev–Trinajstić information content (AvgIpc) is 3.16. The molecule has 1 atom stereocenters. The van der Waals surface area contributed by atoms with Crippen LogP contribution in [-0.4, -0.2) is 34.6 Å². The fourth-order valence-corrected chi connectivity index (χ4v) is 4.06. The van der Waals surface area contributed by atoms with Gasteiger partial charge in [-0.25, -0.2) is 4.98 Å². The number of benzene rings is 2. The maximum Gasteiger partial charge on any atom is 0.258 e. The van der Waals surface area contributed by atoms with Crippen LogP contribution in [0.4, 0.5) is 0 Å². The minimum absolute atomic E-state index is 0.0781. The van der Waals surface area contributed by atoms with Gasteiger partial charge in [-0.1, -0.05) is 18.2 Å². The van der Waals surface area contributed by atoms with Crippen LogP contribution in [0.15, 0.2) is 47.3 Å². The van der Waals surface area contributed by atoms with Crippen molar-refractivity contribution in [1.29, 1.82) is 0 Å². The van der Waals surface area contributed by atoms with Gasteiger partial charge in [0.1, 0.15) is 19.0 Å². The van der Waals surface area contributed by atoms with E-state index in [-0.39, 0.29) is 11.6 Å². The minimum Gasteiger partial charge on any atom is -0.486 e. The molecular weight excluding hydrogens is 342 g/mol. The number of rotatable bonds is 3. The Labute approximate surface area is 156 Å². The van der Waals surface area contributed by atoms with E-state index in [4.69, 9.17) is 9.47 Å². The zero-order valence-corrected chi connectivity index (χ0v) is 15.0. The largest absolute Gasteiger partial charge is 0.486 e. The monoisotopic (exact) mass is 363 g/mol. The molecule has 0 amide bonds. The van der Waals surface area contributed by atoms with Crippen molar-refractivity contribution < 1.29 is 9.47 Å². The first-order valence-corrected chi connectivity index (χ1v) is 9.39. The van der Waals surface area contributed by atoms with Crippen LogP contribution in [0.2, 0.25) is 0 Å². The quantitative estimate of drug-likeness (QED) is 0.775. The number of hydrogen-bond donors (Lipinski definition) is 1. The molecule has 1 N–H and O–H groups in total. The third-order valence-electron chi connectivity index (χ3n) is 5.33. The summed E-state index contributed by atoms with van der Waals surface area (Å²) in [7, 11) is 0. The molecule has 0 saturated carbocycles. The summed E-state index contributed by atoms with van der Waals surface area (Å²) in [6, 6.07) is 14.0. The van der Waals surface area contributed by atoms with E-state index in [1.165, 1.54) is 5.56 Å². The van der Waals surface area contributed by atoms with Gasteiger partial charge in [0.25, 0.3) is 5.56 Å². The molecule has 0 unspecified atom stereocenters. The van der Waals surface area contributed by atoms with Gasteiger partial charge >= 0.3 is 0 Å². The normalized spacial score (nSPS) is 19.5. The third kappa shape index (κ3) is 3.06. The van der Waals surface area contributed by atoms with Crippen LogP contribution >= 0.6 is 0 Å². The number of para-hydroxylation sites is 1. The standard InChI is InChI=1S/C21H21N3O3/c25-21-15-4-1-2-5-16(15)22-20(23-21)13-24-9-3-6-17(24)14-7-8-18-19(12-14)27-11-10-26-18/h1-2,4-5,7-8,12,17H,3,6,9-11,13H2,(H,22,23,25)/t17-/m1/s1. The van der Waals surface area contributed by atoms with E-state index in [0.717, 1.165) is 36.4 Å². The van der Waals surface area contributed by atoms with Crippen LogP contribution in [0, 0.1) is 0 Å². The molecule has 1 fully saturated rings. The Kier molecular flexibility index (Phi) is 4.05. The van der Waals surface area contributed by atoms with E-state index >= 15 is 0 Å². The molecule has 0 radical (unpaired) electrons. The highest BCUT2D eigenvalue weighted by Crippen LogP contribution is 2.38. The average molecular weight is 363 g/mol. The number of hydrogen-bond acceptors (Lipinski definition) is 5. The Bertz CT molecular complexity index is 1050. The topological polar surface area (TPSA) is 67.5 Å². The first-order valence-electron chi connectivity index (χ1n) is 9.39. The van der Waals surface area contributed by atoms with Crippen LogP contribution in [-0.2, 0) is 6.54 Å². The Morgan fingerprint density at radius 2 is 1.96 bits per heavy atom. The highest BCUT2D eigenvalue weighted by molar-refractivity contribution is 5.77. The van der Waals surface area contributed by atoms with Gasteiger partial charge in [-0.05, 0) is 49.2 Å². The Morgan fingerprint density at radius 3 is 2.89 bits per heavy atom. The lowest BCUT2D eigenvalue weighted by atomic mass is 10.0. The van der Waals surface area contributed by atoms with Gasteiger partial charge in [-0.3, -0.25) is 9.69 Å². The lowest BCUT2D eigenvalue weighted by molar-refractivity contribution is 0.170. The van der Waals surface area contributed by atoms with E-state index < -0.39 is 0 Å². The molecule has 2 aliphatic heterocycles. The zero-order chi connectivity index (χ0) is 18.2. The predicted octanol–water partition coefficient (Wildman–Crippen LogP) is 3.03. The van der Waals surface area contributed by atoms with E-state index in [0.29, 0.717) is 31.0 Å². The summed E-state index contributed by atoms with van der Waals surface area (Å²) in [6.45, 7) is 2.80. The molecule has 6 nitrogen and oxygen atoms in total. The number of nitrogens with zero attached hydrogens (tertiary/aromatic N) is 2. The van der Waals surface area contributed by atoms with E-state index in [1.54, 1.807) is 6.07 Å². The van der Waals surface area contributed by atoms with Crippen molar-refractivity contribution in [2.45, 2.75) is 25.4 Å². The Balaban J connectivity index is 1.43. The second-order valence-electron chi connectivity index (χ2n) is 7.06. The van der Waals surface area contributed by atoms with Gasteiger partial charge in [-0.2, -0.15) is 0 Å². The number of ether oxygens (including phenoxy) is 2. The molecule has 1 aromatic heterocycles. The lowest BCUT2D eigenvalue weighted by Crippen LogP contribution is -2.26. The molecule has 1 saturated heterocycles. The van der Waals surface area contributed by atoms with Gasteiger partial charge in [0, 0.05) is 6.04 Å².